The summed E-state index contributed by atoms with van der Waals surface area (Å²) >= 11 is 0. The predicted octanol–water partition coefficient (Wildman–Crippen LogP) is 7.70. The van der Waals surface area contributed by atoms with Gasteiger partial charge in [-0.1, -0.05) is 19.4 Å². The summed E-state index contributed by atoms with van der Waals surface area (Å²) in [6.07, 6.45) is 7.19. The summed E-state index contributed by atoms with van der Waals surface area (Å²) in [5.41, 5.74) is -0.566. The van der Waals surface area contributed by atoms with Gasteiger partial charge in [0.05, 0.1) is 22.7 Å². The molecule has 0 saturated heterocycles. The Labute approximate surface area is 193 Å². The number of ether oxygens (including phenoxy) is 1. The van der Waals surface area contributed by atoms with Gasteiger partial charge >= 0.3 is 10.2 Å². The van der Waals surface area contributed by atoms with Crippen molar-refractivity contribution in [2.75, 3.05) is 0 Å². The molecule has 0 amide bonds. The fourth-order valence-corrected chi connectivity index (χ4v) is 5.60. The molecule has 3 aromatic rings. The van der Waals surface area contributed by atoms with Gasteiger partial charge in [0.25, 0.3) is 5.56 Å². The van der Waals surface area contributed by atoms with Gasteiger partial charge in [-0.2, -0.15) is 0 Å². The Kier molecular flexibility index (Phi) is 4.89. The van der Waals surface area contributed by atoms with Crippen molar-refractivity contribution in [2.24, 2.45) is 11.8 Å². The Hall–Kier alpha value is -2.62. The SMILES string of the molecule is Cc1nc2ccc(S(F)(F)(F)(F)F)cc2c(=O)n1-c1ccc(OC2CCC(C3CC3)CC2)cc1. The van der Waals surface area contributed by atoms with Crippen LogP contribution in [0, 0.1) is 18.8 Å². The highest BCUT2D eigenvalue weighted by atomic mass is 32.5. The van der Waals surface area contributed by atoms with Gasteiger partial charge in [-0.3, -0.25) is 9.36 Å². The average Bonchev–Trinajstić information content (AvgIpc) is 3.59. The van der Waals surface area contributed by atoms with Crippen LogP contribution >= 0.6 is 10.2 Å². The molecule has 0 unspecified atom stereocenters. The van der Waals surface area contributed by atoms with Crippen molar-refractivity contribution < 1.29 is 24.2 Å². The van der Waals surface area contributed by atoms with E-state index in [1.165, 1.54) is 32.6 Å². The van der Waals surface area contributed by atoms with Crippen LogP contribution in [0.5, 0.6) is 5.75 Å². The van der Waals surface area contributed by atoms with Crippen molar-refractivity contribution in [1.82, 2.24) is 9.55 Å². The van der Waals surface area contributed by atoms with Gasteiger partial charge in [-0.15, -0.1) is 0 Å². The number of aromatic nitrogens is 2. The van der Waals surface area contributed by atoms with Crippen LogP contribution in [0.25, 0.3) is 16.6 Å². The summed E-state index contributed by atoms with van der Waals surface area (Å²) < 4.78 is 73.5. The Balaban J connectivity index is 1.41. The van der Waals surface area contributed by atoms with Crippen LogP contribution in [-0.2, 0) is 0 Å². The van der Waals surface area contributed by atoms with Crippen LogP contribution in [0.4, 0.5) is 19.4 Å². The second kappa shape index (κ2) is 7.19. The first-order chi connectivity index (χ1) is 15.8. The van der Waals surface area contributed by atoms with E-state index in [-0.39, 0.29) is 29.6 Å². The topological polar surface area (TPSA) is 44.1 Å². The van der Waals surface area contributed by atoms with Gasteiger partial charge in [0, 0.05) is 0 Å². The molecule has 4 nitrogen and oxygen atoms in total. The normalized spacial score (nSPS) is 23.4. The molecule has 5 rings (SSSR count). The van der Waals surface area contributed by atoms with Crippen LogP contribution in [0.1, 0.15) is 44.3 Å². The Morgan fingerprint density at radius 1 is 0.882 bits per heavy atom. The Bertz CT molecular complexity index is 1310. The van der Waals surface area contributed by atoms with Crippen molar-refractivity contribution in [2.45, 2.75) is 56.4 Å². The van der Waals surface area contributed by atoms with Gasteiger partial charge in [0.15, 0.2) is 0 Å². The van der Waals surface area contributed by atoms with Crippen molar-refractivity contribution in [3.63, 3.8) is 0 Å². The third-order valence-corrected chi connectivity index (χ3v) is 8.00. The highest BCUT2D eigenvalue weighted by molar-refractivity contribution is 8.45. The van der Waals surface area contributed by atoms with Crippen molar-refractivity contribution >= 4 is 21.1 Å². The molecule has 1 aromatic heterocycles. The summed E-state index contributed by atoms with van der Waals surface area (Å²) in [4.78, 5) is 15.1. The first kappa shape index (κ1) is 23.1. The molecule has 0 bridgehead atoms. The zero-order valence-electron chi connectivity index (χ0n) is 18.5. The van der Waals surface area contributed by atoms with E-state index in [2.05, 4.69) is 4.98 Å². The van der Waals surface area contributed by atoms with Crippen LogP contribution in [0.15, 0.2) is 52.2 Å². The third kappa shape index (κ3) is 4.64. The minimum Gasteiger partial charge on any atom is -0.490 e. The number of benzene rings is 2. The van der Waals surface area contributed by atoms with Crippen molar-refractivity contribution in [3.05, 3.63) is 58.6 Å². The maximum Gasteiger partial charge on any atom is 0.310 e. The second-order valence-corrected chi connectivity index (χ2v) is 11.8. The monoisotopic (exact) mass is 500 g/mol. The molecule has 1 heterocycles. The fourth-order valence-electron chi connectivity index (χ4n) is 4.93. The summed E-state index contributed by atoms with van der Waals surface area (Å²) in [5, 5.41) is -0.524. The quantitative estimate of drug-likeness (QED) is 0.337. The molecule has 2 fully saturated rings. The van der Waals surface area contributed by atoms with Gasteiger partial charge < -0.3 is 4.74 Å². The number of aryl methyl sites for hydroxylation is 1. The highest BCUT2D eigenvalue weighted by Crippen LogP contribution is 3.02. The van der Waals surface area contributed by atoms with Crippen molar-refractivity contribution in [1.29, 1.82) is 0 Å². The molecule has 0 atom stereocenters. The standard InChI is InChI=1S/C24H25F5N2O2S/c1-15-30-23-13-12-21(34(25,26,27,28)29)14-22(23)24(32)31(15)18-6-10-20(11-7-18)33-19-8-4-17(5-9-19)16-2-3-16/h6-7,10-14,16-17,19H,2-5,8-9H2,1H3. The van der Waals surface area contributed by atoms with E-state index in [0.29, 0.717) is 11.4 Å². The zero-order chi connectivity index (χ0) is 24.4. The average molecular weight is 501 g/mol. The Morgan fingerprint density at radius 2 is 1.47 bits per heavy atom. The number of nitrogens with zero attached hydrogens (tertiary/aromatic N) is 2. The van der Waals surface area contributed by atoms with E-state index < -0.39 is 26.1 Å². The molecule has 2 aromatic carbocycles. The van der Waals surface area contributed by atoms with Crippen LogP contribution in [-0.4, -0.2) is 15.7 Å². The molecule has 34 heavy (non-hydrogen) atoms. The van der Waals surface area contributed by atoms with E-state index in [1.807, 2.05) is 0 Å². The van der Waals surface area contributed by atoms with Gasteiger partial charge in [0.1, 0.15) is 16.5 Å². The fraction of sp³-hybridized carbons (Fsp3) is 0.417. The molecule has 0 N–H and O–H groups in total. The molecule has 0 radical (unpaired) electrons. The number of halogens is 5. The number of rotatable bonds is 5. The lowest BCUT2D eigenvalue weighted by atomic mass is 9.84. The van der Waals surface area contributed by atoms with Crippen LogP contribution in [0.2, 0.25) is 0 Å². The minimum absolute atomic E-state index is 0.0777. The number of fused-ring (bicyclic) bond motifs is 1. The molecular formula is C24H25F5N2O2S. The first-order valence-corrected chi connectivity index (χ1v) is 13.3. The van der Waals surface area contributed by atoms with E-state index in [1.54, 1.807) is 24.3 Å². The maximum atomic E-state index is 13.3. The minimum atomic E-state index is -9.93. The summed E-state index contributed by atoms with van der Waals surface area (Å²) in [6, 6.07) is 7.88. The van der Waals surface area contributed by atoms with E-state index in [9.17, 15) is 24.2 Å². The maximum absolute atomic E-state index is 13.3. The summed E-state index contributed by atoms with van der Waals surface area (Å²) in [6.45, 7) is 1.53. The van der Waals surface area contributed by atoms with Gasteiger partial charge in [-0.05, 0) is 99.7 Å². The number of hydrogen-bond acceptors (Lipinski definition) is 3. The Morgan fingerprint density at radius 3 is 2.03 bits per heavy atom. The molecule has 2 aliphatic rings. The lowest BCUT2D eigenvalue weighted by Gasteiger charge is -2.40. The summed E-state index contributed by atoms with van der Waals surface area (Å²) in [5.74, 6) is 2.58. The smallest absolute Gasteiger partial charge is 0.310 e. The molecule has 0 aliphatic heterocycles. The highest BCUT2D eigenvalue weighted by Gasteiger charge is 2.65. The predicted molar refractivity (Wildman–Crippen MR) is 123 cm³/mol. The van der Waals surface area contributed by atoms with E-state index in [0.717, 1.165) is 35.3 Å². The molecule has 2 aliphatic carbocycles. The lowest BCUT2D eigenvalue weighted by molar-refractivity contribution is 0.125. The van der Waals surface area contributed by atoms with E-state index in [4.69, 9.17) is 4.74 Å². The summed E-state index contributed by atoms with van der Waals surface area (Å²) in [7, 11) is -9.93. The second-order valence-electron chi connectivity index (χ2n) is 9.43. The number of hydrogen-bond donors (Lipinski definition) is 0. The molecule has 0 spiro atoms. The zero-order valence-corrected chi connectivity index (χ0v) is 19.3. The van der Waals surface area contributed by atoms with Crippen LogP contribution < -0.4 is 10.3 Å². The molecular weight excluding hydrogens is 475 g/mol. The van der Waals surface area contributed by atoms with E-state index >= 15 is 0 Å². The third-order valence-electron chi connectivity index (χ3n) is 6.86. The largest absolute Gasteiger partial charge is 0.490 e. The molecule has 10 heteroatoms. The van der Waals surface area contributed by atoms with Gasteiger partial charge in [0.2, 0.25) is 0 Å². The lowest BCUT2D eigenvalue weighted by Crippen LogP contribution is -2.25. The van der Waals surface area contributed by atoms with Gasteiger partial charge in [-0.25, -0.2) is 4.98 Å². The van der Waals surface area contributed by atoms with Crippen molar-refractivity contribution in [3.8, 4) is 11.4 Å². The molecule has 2 saturated carbocycles. The van der Waals surface area contributed by atoms with Crippen LogP contribution in [0.3, 0.4) is 0 Å². The first-order valence-electron chi connectivity index (χ1n) is 11.3. The molecule has 184 valence electrons.